The summed E-state index contributed by atoms with van der Waals surface area (Å²) in [5, 5.41) is 5.67. The van der Waals surface area contributed by atoms with Crippen molar-refractivity contribution in [1.29, 1.82) is 0 Å². The zero-order valence-corrected chi connectivity index (χ0v) is 56.4. The molecule has 0 aliphatic heterocycles. The minimum atomic E-state index is -2.19. The number of carbonyl (C=O) groups excluding carboxylic acids is 4. The predicted octanol–water partition coefficient (Wildman–Crippen LogP) is 13.5. The quantitative estimate of drug-likeness (QED) is 0.0720. The molecule has 0 saturated carbocycles. The monoisotopic (exact) mass is 1240 g/mol. The molecule has 90 heavy (non-hydrogen) atoms. The van der Waals surface area contributed by atoms with Crippen molar-refractivity contribution in [2.45, 2.75) is 151 Å². The number of ether oxygens (including phenoxy) is 4. The minimum absolute atomic E-state index is 0.247. The number of carbonyl (C=O) groups is 4. The number of methoxy groups -OCH3 is 2. The van der Waals surface area contributed by atoms with Crippen molar-refractivity contribution in [3.63, 3.8) is 0 Å². The summed E-state index contributed by atoms with van der Waals surface area (Å²) in [6.07, 6.45) is 12.0. The molecule has 0 radical (unpaired) electrons. The maximum absolute atomic E-state index is 13.5. The third-order valence-electron chi connectivity index (χ3n) is 15.5. The third kappa shape index (κ3) is 15.1. The molecule has 0 aliphatic carbocycles. The number of likely N-dealkylation sites (N-methyl/N-ethyl adjacent to an activating group) is 2. The summed E-state index contributed by atoms with van der Waals surface area (Å²) in [4.78, 5) is 82.4. The minimum Gasteiger partial charge on any atom is -0.481 e. The summed E-state index contributed by atoms with van der Waals surface area (Å²) >= 11 is 0. The highest BCUT2D eigenvalue weighted by molar-refractivity contribution is 6.90. The van der Waals surface area contributed by atoms with Crippen LogP contribution in [-0.2, 0) is 19.1 Å². The van der Waals surface area contributed by atoms with Gasteiger partial charge < -0.3 is 29.6 Å². The average Bonchev–Trinajstić information content (AvgIpc) is 1.68. The molecule has 2 atom stereocenters. The molecular weight excluding hydrogens is 1150 g/mol. The van der Waals surface area contributed by atoms with Crippen LogP contribution < -0.4 is 20.1 Å². The van der Waals surface area contributed by atoms with E-state index in [0.717, 1.165) is 39.2 Å². The van der Waals surface area contributed by atoms with E-state index in [4.69, 9.17) is 40.3 Å². The largest absolute Gasteiger partial charge is 0.481 e. The molecule has 0 aliphatic rings. The lowest BCUT2D eigenvalue weighted by Gasteiger charge is -2.38. The van der Waals surface area contributed by atoms with Crippen molar-refractivity contribution in [3.8, 4) is 80.6 Å². The van der Waals surface area contributed by atoms with Gasteiger partial charge in [0, 0.05) is 50.0 Å². The van der Waals surface area contributed by atoms with Crippen LogP contribution in [0.15, 0.2) is 97.6 Å². The summed E-state index contributed by atoms with van der Waals surface area (Å²) in [5.41, 5.74) is 13.7. The van der Waals surface area contributed by atoms with Gasteiger partial charge in [0.1, 0.15) is 77.1 Å². The van der Waals surface area contributed by atoms with E-state index in [9.17, 15) is 19.2 Å². The van der Waals surface area contributed by atoms with E-state index in [1.807, 2.05) is 89.6 Å². The van der Waals surface area contributed by atoms with E-state index >= 15 is 0 Å². The fourth-order valence-corrected chi connectivity index (χ4v) is 15.9. The lowest BCUT2D eigenvalue weighted by atomic mass is 10.0. The highest BCUT2D eigenvalue weighted by atomic mass is 28.3. The number of aryl methyl sites for hydroxylation is 2. The fraction of sp³-hybridized carbons (Fsp3) is 0.391. The van der Waals surface area contributed by atoms with E-state index in [-0.39, 0.29) is 5.82 Å². The average molecular weight is 1240 g/mol. The molecule has 472 valence electrons. The van der Waals surface area contributed by atoms with Crippen LogP contribution in [0, 0.1) is 37.7 Å². The van der Waals surface area contributed by atoms with Crippen LogP contribution in [0.3, 0.4) is 0 Å². The second kappa shape index (κ2) is 27.8. The van der Waals surface area contributed by atoms with Gasteiger partial charge in [-0.2, -0.15) is 0 Å². The highest BCUT2D eigenvalue weighted by Crippen LogP contribution is 2.43. The number of amides is 4. The lowest BCUT2D eigenvalue weighted by Crippen LogP contribution is -2.45. The van der Waals surface area contributed by atoms with Crippen LogP contribution in [-0.4, -0.2) is 132 Å². The first-order valence-electron chi connectivity index (χ1n) is 29.9. The van der Waals surface area contributed by atoms with Gasteiger partial charge in [-0.25, -0.2) is 39.5 Å². The van der Waals surface area contributed by atoms with Gasteiger partial charge in [-0.05, 0) is 176 Å². The maximum atomic E-state index is 13.5. The Hall–Kier alpha value is -9.60. The first-order valence-corrected chi connectivity index (χ1v) is 32.1. The molecule has 0 spiro atoms. The first kappa shape index (κ1) is 67.9. The molecule has 20 nitrogen and oxygen atoms in total. The van der Waals surface area contributed by atoms with Gasteiger partial charge in [0.05, 0.1) is 36.7 Å². The second-order valence-electron chi connectivity index (χ2n) is 25.1. The van der Waals surface area contributed by atoms with Crippen LogP contribution in [0.25, 0.3) is 56.3 Å². The number of imidazole rings is 2. The van der Waals surface area contributed by atoms with Crippen molar-refractivity contribution in [3.05, 3.63) is 120 Å². The number of rotatable bonds is 15. The van der Waals surface area contributed by atoms with Crippen LogP contribution in [0.4, 0.5) is 21.2 Å². The van der Waals surface area contributed by atoms with Crippen molar-refractivity contribution >= 4 is 55.0 Å². The number of hydrogen-bond donors (Lipinski definition) is 2. The standard InChI is InChI=1S/C39H52N6O4Si.C30H32N6O4/c1-24(2)50(25(3)4,26(5)6)22-19-31-29(16-17-32(41-31)42-36(46)28(8)44(12)38(47)49-39(9,10)11)35-34(30-15-14-20-40-37(30)48-13)43-33-23-27(7)18-21-45(33)35;1-9-22-20(12-13-23(32-22)33-27(37)19(3)35(7)29(38)40-30(4,5)6)26-25(21-11-10-15-31-28(21)39-8)34-24-17-18(2)14-16-36(24)26/h14-18,20-21,23-26,28H,1-13H3,(H,41,42,46);1,10-17,19H,2-8H3,(H,32,33,37). The van der Waals surface area contributed by atoms with Gasteiger partial charge in [0.15, 0.2) is 0 Å². The van der Waals surface area contributed by atoms with Crippen molar-refractivity contribution in [2.75, 3.05) is 38.9 Å². The van der Waals surface area contributed by atoms with E-state index in [2.05, 4.69) is 84.5 Å². The molecule has 8 aromatic rings. The number of pyridine rings is 6. The zero-order chi connectivity index (χ0) is 66.3. The molecule has 2 unspecified atom stereocenters. The molecule has 0 saturated heterocycles. The van der Waals surface area contributed by atoms with Crippen LogP contribution in [0.2, 0.25) is 16.6 Å². The van der Waals surface area contributed by atoms with Gasteiger partial charge in [-0.15, -0.1) is 12.0 Å². The van der Waals surface area contributed by atoms with Gasteiger partial charge >= 0.3 is 12.2 Å². The Bertz CT molecular complexity index is 4060. The number of fused-ring (bicyclic) bond motifs is 2. The smallest absolute Gasteiger partial charge is 0.410 e. The summed E-state index contributed by atoms with van der Waals surface area (Å²) in [6.45, 7) is 31.5. The Kier molecular flexibility index (Phi) is 21.0. The number of nitrogens with one attached hydrogen (secondary N) is 2. The number of aromatic nitrogens is 8. The van der Waals surface area contributed by atoms with Gasteiger partial charge in [0.25, 0.3) is 0 Å². The van der Waals surface area contributed by atoms with Crippen LogP contribution >= 0.6 is 0 Å². The second-order valence-corrected chi connectivity index (χ2v) is 30.7. The molecule has 21 heteroatoms. The van der Waals surface area contributed by atoms with Crippen molar-refractivity contribution in [2.24, 2.45) is 0 Å². The van der Waals surface area contributed by atoms with Crippen molar-refractivity contribution in [1.82, 2.24) is 48.5 Å². The molecule has 0 fully saturated rings. The summed E-state index contributed by atoms with van der Waals surface area (Å²) in [7, 11) is 4.01. The highest BCUT2D eigenvalue weighted by Gasteiger charge is 2.42. The number of nitrogens with zero attached hydrogens (tertiary/aromatic N) is 10. The SMILES string of the molecule is C#Cc1nc(NC(=O)C(C)N(C)C(=O)OC(C)(C)C)ccc1-c1c(-c2cccnc2OC)nc2cc(C)ccn12.COc1ncccc1-c1nc2cc(C)ccn2c1-c1ccc(NC(=O)C(C)N(C)C(=O)OC(C)(C)C)nc1C#C[Si](C(C)C)(C(C)C)C(C)C. The first-order chi connectivity index (χ1) is 42.3. The molecule has 2 N–H and O–H groups in total. The molecular formula is C69H84N12O8Si. The molecule has 8 aromatic heterocycles. The molecule has 0 bridgehead atoms. The molecule has 4 amide bonds. The fourth-order valence-electron chi connectivity index (χ4n) is 10.7. The van der Waals surface area contributed by atoms with Crippen LogP contribution in [0.5, 0.6) is 11.8 Å². The Morgan fingerprint density at radius 1 is 0.567 bits per heavy atom. The summed E-state index contributed by atoms with van der Waals surface area (Å²) in [6, 6.07) is 21.0. The third-order valence-corrected chi connectivity index (χ3v) is 21.8. The van der Waals surface area contributed by atoms with Gasteiger partial charge in [0.2, 0.25) is 23.6 Å². The number of hydrogen-bond acceptors (Lipinski definition) is 14. The molecule has 8 rings (SSSR count). The molecule has 0 aromatic carbocycles. The predicted molar refractivity (Wildman–Crippen MR) is 356 cm³/mol. The Labute approximate surface area is 529 Å². The lowest BCUT2D eigenvalue weighted by molar-refractivity contribution is -0.121. The van der Waals surface area contributed by atoms with E-state index in [1.165, 1.54) is 16.8 Å². The Balaban J connectivity index is 0.000000262. The summed E-state index contributed by atoms with van der Waals surface area (Å²) < 4.78 is 26.0. The number of terminal acetylenes is 1. The van der Waals surface area contributed by atoms with Crippen LogP contribution in [0.1, 0.15) is 119 Å². The van der Waals surface area contributed by atoms with Crippen molar-refractivity contribution < 1.29 is 38.1 Å². The van der Waals surface area contributed by atoms with Gasteiger partial charge in [-0.1, -0.05) is 47.5 Å². The van der Waals surface area contributed by atoms with E-state index < -0.39 is 55.4 Å². The Morgan fingerprint density at radius 2 is 0.956 bits per heavy atom. The summed E-state index contributed by atoms with van der Waals surface area (Å²) in [5.74, 6) is 6.80. The topological polar surface area (TPSA) is 222 Å². The normalized spacial score (nSPS) is 12.3. The van der Waals surface area contributed by atoms with E-state index in [0.29, 0.717) is 73.8 Å². The zero-order valence-electron chi connectivity index (χ0n) is 55.4. The maximum Gasteiger partial charge on any atom is 0.410 e. The van der Waals surface area contributed by atoms with E-state index in [1.54, 1.807) is 107 Å². The van der Waals surface area contributed by atoms with Gasteiger partial charge in [-0.3, -0.25) is 28.2 Å². The molecule has 8 heterocycles. The Morgan fingerprint density at radius 3 is 1.32 bits per heavy atom. The number of anilines is 2.